The van der Waals surface area contributed by atoms with Gasteiger partial charge >= 0.3 is 0 Å². The molecule has 0 aliphatic carbocycles. The maximum absolute atomic E-state index is 12.4. The molecule has 0 fully saturated rings. The van der Waals surface area contributed by atoms with Gasteiger partial charge in [0.25, 0.3) is 11.5 Å². The number of aromatic nitrogens is 2. The third kappa shape index (κ3) is 4.12. The van der Waals surface area contributed by atoms with E-state index in [1.54, 1.807) is 6.07 Å². The molecule has 0 aliphatic rings. The lowest BCUT2D eigenvalue weighted by Crippen LogP contribution is -2.27. The minimum absolute atomic E-state index is 0.201. The molecule has 0 radical (unpaired) electrons. The molecule has 1 aromatic carbocycles. The Bertz CT molecular complexity index is 999. The van der Waals surface area contributed by atoms with E-state index in [1.165, 1.54) is 11.3 Å². The fraction of sp³-hybridized carbons (Fsp3) is 0.167. The highest BCUT2D eigenvalue weighted by Crippen LogP contribution is 2.17. The number of aromatic amines is 1. The van der Waals surface area contributed by atoms with Crippen LogP contribution in [0.25, 0.3) is 0 Å². The molecular formula is C18H16ClN3O3S. The largest absolute Gasteiger partial charge is 0.501 e. The van der Waals surface area contributed by atoms with Crippen LogP contribution in [0, 0.1) is 6.92 Å². The summed E-state index contributed by atoms with van der Waals surface area (Å²) in [6.07, 6.45) is 0.368. The molecule has 0 bridgehead atoms. The molecule has 3 N–H and O–H groups in total. The van der Waals surface area contributed by atoms with Gasteiger partial charge in [0.1, 0.15) is 5.82 Å². The van der Waals surface area contributed by atoms with Crippen molar-refractivity contribution in [3.05, 3.63) is 78.6 Å². The first-order valence-electron chi connectivity index (χ1n) is 7.80. The third-order valence-corrected chi connectivity index (χ3v) is 4.94. The highest BCUT2D eigenvalue weighted by Gasteiger charge is 2.18. The molecule has 0 saturated carbocycles. The van der Waals surface area contributed by atoms with Gasteiger partial charge < -0.3 is 15.4 Å². The summed E-state index contributed by atoms with van der Waals surface area (Å²) in [7, 11) is 0. The van der Waals surface area contributed by atoms with Gasteiger partial charge in [0.15, 0.2) is 5.69 Å². The summed E-state index contributed by atoms with van der Waals surface area (Å²) in [4.78, 5) is 30.9. The smallest absolute Gasteiger partial charge is 0.293 e. The Balaban J connectivity index is 1.78. The van der Waals surface area contributed by atoms with Crippen molar-refractivity contribution in [2.45, 2.75) is 19.9 Å². The summed E-state index contributed by atoms with van der Waals surface area (Å²) in [5.41, 5.74) is 1.67. The van der Waals surface area contributed by atoms with Gasteiger partial charge in [0.2, 0.25) is 5.75 Å². The van der Waals surface area contributed by atoms with Crippen LogP contribution < -0.4 is 10.9 Å². The van der Waals surface area contributed by atoms with Gasteiger partial charge in [-0.25, -0.2) is 4.98 Å². The van der Waals surface area contributed by atoms with Gasteiger partial charge in [-0.2, -0.15) is 11.3 Å². The third-order valence-electron chi connectivity index (χ3n) is 3.80. The van der Waals surface area contributed by atoms with E-state index in [2.05, 4.69) is 15.3 Å². The van der Waals surface area contributed by atoms with E-state index in [0.29, 0.717) is 17.3 Å². The van der Waals surface area contributed by atoms with Gasteiger partial charge in [0.05, 0.1) is 0 Å². The minimum atomic E-state index is -0.742. The normalized spacial score (nSPS) is 10.7. The van der Waals surface area contributed by atoms with Crippen molar-refractivity contribution >= 4 is 28.8 Å². The summed E-state index contributed by atoms with van der Waals surface area (Å²) in [5, 5.41) is 17.0. The van der Waals surface area contributed by atoms with Crippen LogP contribution in [-0.2, 0) is 13.0 Å². The van der Waals surface area contributed by atoms with Gasteiger partial charge in [-0.05, 0) is 46.5 Å². The molecule has 2 aromatic heterocycles. The number of thiophene rings is 1. The van der Waals surface area contributed by atoms with Crippen LogP contribution in [0.15, 0.2) is 39.8 Å². The molecule has 26 heavy (non-hydrogen) atoms. The predicted octanol–water partition coefficient (Wildman–Crippen LogP) is 3.02. The lowest BCUT2D eigenvalue weighted by molar-refractivity contribution is 0.0942. The van der Waals surface area contributed by atoms with Crippen molar-refractivity contribution in [2.75, 3.05) is 0 Å². The zero-order chi connectivity index (χ0) is 18.7. The molecule has 0 spiro atoms. The molecule has 0 atom stereocenters. The number of carbonyl (C=O) groups excluding carboxylic acids is 1. The van der Waals surface area contributed by atoms with E-state index in [9.17, 15) is 14.7 Å². The van der Waals surface area contributed by atoms with Crippen molar-refractivity contribution in [1.82, 2.24) is 15.3 Å². The number of nitrogens with zero attached hydrogens (tertiary/aromatic N) is 1. The lowest BCUT2D eigenvalue weighted by atomic mass is 10.1. The van der Waals surface area contributed by atoms with Gasteiger partial charge in [-0.1, -0.05) is 23.7 Å². The number of nitrogens with one attached hydrogen (secondary N) is 2. The van der Waals surface area contributed by atoms with Gasteiger partial charge in [-0.15, -0.1) is 0 Å². The maximum Gasteiger partial charge on any atom is 0.293 e. The number of amides is 1. The molecule has 0 unspecified atom stereocenters. The van der Waals surface area contributed by atoms with Crippen LogP contribution in [0.4, 0.5) is 0 Å². The first-order chi connectivity index (χ1) is 12.4. The van der Waals surface area contributed by atoms with E-state index < -0.39 is 17.2 Å². The standard InChI is InChI=1S/C18H16ClN3O3S/c1-10-2-3-11(6-13(10)19)8-20-17(24)15-16(23)18(25)22-14(21-15)7-12-4-5-26-9-12/h2-6,9,23H,7-8H2,1H3,(H,20,24)(H,21,22,25). The van der Waals surface area contributed by atoms with Crippen LogP contribution in [0.1, 0.15) is 33.0 Å². The van der Waals surface area contributed by atoms with Gasteiger partial charge in [-0.3, -0.25) is 9.59 Å². The molecule has 1 amide bonds. The Labute approximate surface area is 158 Å². The number of H-pyrrole nitrogens is 1. The monoisotopic (exact) mass is 389 g/mol. The average Bonchev–Trinajstić information content (AvgIpc) is 3.11. The second-order valence-electron chi connectivity index (χ2n) is 5.78. The van der Waals surface area contributed by atoms with Crippen LogP contribution in [0.3, 0.4) is 0 Å². The van der Waals surface area contributed by atoms with E-state index >= 15 is 0 Å². The Kier molecular flexibility index (Phi) is 5.39. The number of carbonyl (C=O) groups is 1. The Morgan fingerprint density at radius 3 is 2.85 bits per heavy atom. The fourth-order valence-corrected chi connectivity index (χ4v) is 3.23. The second kappa shape index (κ2) is 7.72. The van der Waals surface area contributed by atoms with E-state index in [0.717, 1.165) is 16.7 Å². The van der Waals surface area contributed by atoms with E-state index in [4.69, 9.17) is 11.6 Å². The summed E-state index contributed by atoms with van der Waals surface area (Å²) in [6, 6.07) is 7.35. The highest BCUT2D eigenvalue weighted by atomic mass is 35.5. The molecular weight excluding hydrogens is 374 g/mol. The highest BCUT2D eigenvalue weighted by molar-refractivity contribution is 7.07. The van der Waals surface area contributed by atoms with Crippen molar-refractivity contribution < 1.29 is 9.90 Å². The molecule has 0 saturated heterocycles. The number of benzene rings is 1. The number of halogens is 1. The van der Waals surface area contributed by atoms with Crippen LogP contribution in [0.5, 0.6) is 5.75 Å². The Morgan fingerprint density at radius 1 is 1.35 bits per heavy atom. The predicted molar refractivity (Wildman–Crippen MR) is 101 cm³/mol. The fourth-order valence-electron chi connectivity index (χ4n) is 2.35. The van der Waals surface area contributed by atoms with E-state index in [1.807, 2.05) is 35.9 Å². The zero-order valence-electron chi connectivity index (χ0n) is 13.9. The molecule has 8 heteroatoms. The van der Waals surface area contributed by atoms with Crippen molar-refractivity contribution in [1.29, 1.82) is 0 Å². The maximum atomic E-state index is 12.4. The zero-order valence-corrected chi connectivity index (χ0v) is 15.4. The molecule has 0 aliphatic heterocycles. The molecule has 3 aromatic rings. The van der Waals surface area contributed by atoms with Crippen LogP contribution in [0.2, 0.25) is 5.02 Å². The SMILES string of the molecule is Cc1ccc(CNC(=O)c2nc(Cc3ccsc3)[nH]c(=O)c2O)cc1Cl. The van der Waals surface area contributed by atoms with Crippen molar-refractivity contribution in [2.24, 2.45) is 0 Å². The summed E-state index contributed by atoms with van der Waals surface area (Å²) in [5.74, 6) is -1.01. The molecule has 3 rings (SSSR count). The number of rotatable bonds is 5. The molecule has 134 valence electrons. The number of aromatic hydroxyl groups is 1. The number of hydrogen-bond acceptors (Lipinski definition) is 5. The Morgan fingerprint density at radius 2 is 2.15 bits per heavy atom. The molecule has 2 heterocycles. The summed E-state index contributed by atoms with van der Waals surface area (Å²) < 4.78 is 0. The lowest BCUT2D eigenvalue weighted by Gasteiger charge is -2.08. The van der Waals surface area contributed by atoms with E-state index in [-0.39, 0.29) is 12.2 Å². The summed E-state index contributed by atoms with van der Waals surface area (Å²) >= 11 is 7.60. The average molecular weight is 390 g/mol. The first kappa shape index (κ1) is 18.2. The second-order valence-corrected chi connectivity index (χ2v) is 6.97. The topological polar surface area (TPSA) is 95.1 Å². The quantitative estimate of drug-likeness (QED) is 0.625. The number of hydrogen-bond donors (Lipinski definition) is 3. The first-order valence-corrected chi connectivity index (χ1v) is 9.12. The van der Waals surface area contributed by atoms with Crippen molar-refractivity contribution in [3.8, 4) is 5.75 Å². The van der Waals surface area contributed by atoms with Crippen molar-refractivity contribution in [3.63, 3.8) is 0 Å². The van der Waals surface area contributed by atoms with Gasteiger partial charge in [0, 0.05) is 18.0 Å². The Hall–Kier alpha value is -2.64. The minimum Gasteiger partial charge on any atom is -0.501 e. The number of aryl methyl sites for hydroxylation is 1. The van der Waals surface area contributed by atoms with Crippen LogP contribution >= 0.6 is 22.9 Å². The van der Waals surface area contributed by atoms with Crippen LogP contribution in [-0.4, -0.2) is 21.0 Å². The molecule has 6 nitrogen and oxygen atoms in total. The summed E-state index contributed by atoms with van der Waals surface area (Å²) in [6.45, 7) is 2.09.